The number of pyridine rings is 1. The summed E-state index contributed by atoms with van der Waals surface area (Å²) in [7, 11) is 1.29. The molecule has 1 aromatic rings. The molecule has 0 aromatic carbocycles. The zero-order valence-corrected chi connectivity index (χ0v) is 8.71. The summed E-state index contributed by atoms with van der Waals surface area (Å²) >= 11 is 5.72. The van der Waals surface area contributed by atoms with Gasteiger partial charge < -0.3 is 10.5 Å². The third-order valence-electron chi connectivity index (χ3n) is 1.79. The second-order valence-electron chi connectivity index (χ2n) is 2.89. The maximum Gasteiger partial charge on any atom is 0.341 e. The largest absolute Gasteiger partial charge is 0.465 e. The molecule has 1 aromatic heterocycles. The predicted octanol–water partition coefficient (Wildman–Crippen LogP) is 1.54. The second-order valence-corrected chi connectivity index (χ2v) is 3.25. The van der Waals surface area contributed by atoms with Gasteiger partial charge in [0.2, 0.25) is 0 Å². The molecule has 0 spiro atoms. The Morgan fingerprint density at radius 2 is 2.36 bits per heavy atom. The van der Waals surface area contributed by atoms with Gasteiger partial charge in [-0.05, 0) is 18.6 Å². The highest BCUT2D eigenvalue weighted by molar-refractivity contribution is 6.32. The van der Waals surface area contributed by atoms with Crippen LogP contribution in [-0.4, -0.2) is 18.1 Å². The van der Waals surface area contributed by atoms with E-state index < -0.39 is 5.97 Å². The molecule has 0 saturated heterocycles. The van der Waals surface area contributed by atoms with Gasteiger partial charge in [-0.15, -0.1) is 0 Å². The Hall–Kier alpha value is -1.13. The smallest absolute Gasteiger partial charge is 0.341 e. The van der Waals surface area contributed by atoms with Gasteiger partial charge in [0.1, 0.15) is 5.15 Å². The van der Waals surface area contributed by atoms with Crippen molar-refractivity contribution in [3.63, 3.8) is 0 Å². The first-order valence-electron chi connectivity index (χ1n) is 4.05. The lowest BCUT2D eigenvalue weighted by atomic mass is 10.1. The first kappa shape index (κ1) is 10.9. The summed E-state index contributed by atoms with van der Waals surface area (Å²) in [6, 6.07) is 1.40. The van der Waals surface area contributed by atoms with E-state index in [0.717, 1.165) is 5.56 Å². The maximum atomic E-state index is 11.2. The molecule has 0 amide bonds. The number of carbonyl (C=O) groups is 1. The fourth-order valence-corrected chi connectivity index (χ4v) is 1.15. The molecule has 0 radical (unpaired) electrons. The first-order chi connectivity index (χ1) is 6.56. The Balaban J connectivity index is 3.15. The van der Waals surface area contributed by atoms with E-state index in [-0.39, 0.29) is 16.8 Å². The molecular formula is C9H11ClN2O2. The molecule has 2 N–H and O–H groups in total. The molecule has 14 heavy (non-hydrogen) atoms. The Bertz CT molecular complexity index is 353. The number of nitrogens with two attached hydrogens (primary N) is 1. The third-order valence-corrected chi connectivity index (χ3v) is 2.09. The van der Waals surface area contributed by atoms with Crippen LogP contribution in [0.2, 0.25) is 5.15 Å². The van der Waals surface area contributed by atoms with E-state index in [1.165, 1.54) is 7.11 Å². The van der Waals surface area contributed by atoms with Crippen LogP contribution in [0.1, 0.15) is 28.9 Å². The number of aromatic nitrogens is 1. The van der Waals surface area contributed by atoms with E-state index >= 15 is 0 Å². The lowest BCUT2D eigenvalue weighted by molar-refractivity contribution is 0.0600. The molecular weight excluding hydrogens is 204 g/mol. The van der Waals surface area contributed by atoms with E-state index in [9.17, 15) is 4.79 Å². The van der Waals surface area contributed by atoms with Crippen LogP contribution < -0.4 is 5.73 Å². The molecule has 4 nitrogen and oxygen atoms in total. The number of methoxy groups -OCH3 is 1. The lowest BCUT2D eigenvalue weighted by Gasteiger charge is -2.07. The highest BCUT2D eigenvalue weighted by Gasteiger charge is 2.13. The highest BCUT2D eigenvalue weighted by atomic mass is 35.5. The third kappa shape index (κ3) is 2.21. The first-order valence-corrected chi connectivity index (χ1v) is 4.43. The standard InChI is InChI=1S/C9H11ClN2O2/c1-5(11)6-3-7(9(13)14-2)8(10)12-4-6/h3-5H,11H2,1-2H3. The van der Waals surface area contributed by atoms with Gasteiger partial charge in [-0.3, -0.25) is 0 Å². The number of esters is 1. The molecule has 0 bridgehead atoms. The van der Waals surface area contributed by atoms with Gasteiger partial charge in [0.15, 0.2) is 0 Å². The highest BCUT2D eigenvalue weighted by Crippen LogP contribution is 2.18. The summed E-state index contributed by atoms with van der Waals surface area (Å²) in [5.74, 6) is -0.509. The van der Waals surface area contributed by atoms with E-state index in [1.54, 1.807) is 19.2 Å². The van der Waals surface area contributed by atoms with Gasteiger partial charge in [-0.1, -0.05) is 11.6 Å². The average molecular weight is 215 g/mol. The van der Waals surface area contributed by atoms with Crippen molar-refractivity contribution in [3.05, 3.63) is 28.5 Å². The Labute approximate surface area is 87.0 Å². The summed E-state index contributed by atoms with van der Waals surface area (Å²) in [5, 5.41) is 0.126. The van der Waals surface area contributed by atoms with Crippen molar-refractivity contribution >= 4 is 17.6 Å². The fourth-order valence-electron chi connectivity index (χ4n) is 0.966. The van der Waals surface area contributed by atoms with Gasteiger partial charge in [0.05, 0.1) is 12.7 Å². The SMILES string of the molecule is COC(=O)c1cc(C(C)N)cnc1Cl. The van der Waals surface area contributed by atoms with Crippen molar-refractivity contribution < 1.29 is 9.53 Å². The van der Waals surface area contributed by atoms with E-state index in [2.05, 4.69) is 9.72 Å². The van der Waals surface area contributed by atoms with Crippen LogP contribution >= 0.6 is 11.6 Å². The van der Waals surface area contributed by atoms with Crippen LogP contribution in [0, 0.1) is 0 Å². The molecule has 1 heterocycles. The number of nitrogens with zero attached hydrogens (tertiary/aromatic N) is 1. The summed E-state index contributed by atoms with van der Waals surface area (Å²) < 4.78 is 4.55. The van der Waals surface area contributed by atoms with Gasteiger partial charge in [0, 0.05) is 12.2 Å². The zero-order valence-electron chi connectivity index (χ0n) is 7.95. The summed E-state index contributed by atoms with van der Waals surface area (Å²) in [4.78, 5) is 15.1. The zero-order chi connectivity index (χ0) is 10.7. The lowest BCUT2D eigenvalue weighted by Crippen LogP contribution is -2.09. The number of halogens is 1. The van der Waals surface area contributed by atoms with E-state index in [4.69, 9.17) is 17.3 Å². The minimum Gasteiger partial charge on any atom is -0.465 e. The second kappa shape index (κ2) is 4.39. The Kier molecular flexibility index (Phi) is 3.43. The molecule has 0 aliphatic heterocycles. The summed E-state index contributed by atoms with van der Waals surface area (Å²) in [6.07, 6.45) is 1.54. The quantitative estimate of drug-likeness (QED) is 0.599. The van der Waals surface area contributed by atoms with Gasteiger partial charge in [0.25, 0.3) is 0 Å². The molecule has 0 saturated carbocycles. The molecule has 76 valence electrons. The number of carbonyl (C=O) groups excluding carboxylic acids is 1. The number of ether oxygens (including phenoxy) is 1. The summed E-state index contributed by atoms with van der Waals surface area (Å²) in [5.41, 5.74) is 6.62. The van der Waals surface area contributed by atoms with Crippen molar-refractivity contribution in [2.75, 3.05) is 7.11 Å². The van der Waals surface area contributed by atoms with Crippen molar-refractivity contribution in [3.8, 4) is 0 Å². The molecule has 1 rings (SSSR count). The van der Waals surface area contributed by atoms with E-state index in [1.807, 2.05) is 0 Å². The minimum atomic E-state index is -0.509. The van der Waals surface area contributed by atoms with Crippen molar-refractivity contribution in [1.29, 1.82) is 0 Å². The predicted molar refractivity (Wildman–Crippen MR) is 53.2 cm³/mol. The number of hydrogen-bond donors (Lipinski definition) is 1. The van der Waals surface area contributed by atoms with Gasteiger partial charge >= 0.3 is 5.97 Å². The molecule has 0 aliphatic rings. The molecule has 0 aliphatic carbocycles. The minimum absolute atomic E-state index is 0.126. The molecule has 0 fully saturated rings. The van der Waals surface area contributed by atoms with Crippen molar-refractivity contribution in [2.24, 2.45) is 5.73 Å². The van der Waals surface area contributed by atoms with Crippen molar-refractivity contribution in [2.45, 2.75) is 13.0 Å². The Morgan fingerprint density at radius 1 is 1.71 bits per heavy atom. The fraction of sp³-hybridized carbons (Fsp3) is 0.333. The van der Waals surface area contributed by atoms with Crippen LogP contribution in [-0.2, 0) is 4.74 Å². The van der Waals surface area contributed by atoms with Crippen LogP contribution in [0.15, 0.2) is 12.3 Å². The van der Waals surface area contributed by atoms with Gasteiger partial charge in [-0.2, -0.15) is 0 Å². The normalized spacial score (nSPS) is 12.3. The van der Waals surface area contributed by atoms with Crippen LogP contribution in [0.3, 0.4) is 0 Å². The van der Waals surface area contributed by atoms with Gasteiger partial charge in [-0.25, -0.2) is 9.78 Å². The van der Waals surface area contributed by atoms with Crippen LogP contribution in [0.4, 0.5) is 0 Å². The Morgan fingerprint density at radius 3 is 2.86 bits per heavy atom. The summed E-state index contributed by atoms with van der Waals surface area (Å²) in [6.45, 7) is 1.80. The molecule has 5 heteroatoms. The van der Waals surface area contributed by atoms with Crippen LogP contribution in [0.5, 0.6) is 0 Å². The molecule has 1 unspecified atom stereocenters. The maximum absolute atomic E-state index is 11.2. The van der Waals surface area contributed by atoms with Crippen molar-refractivity contribution in [1.82, 2.24) is 4.98 Å². The monoisotopic (exact) mass is 214 g/mol. The topological polar surface area (TPSA) is 65.2 Å². The number of rotatable bonds is 2. The molecule has 1 atom stereocenters. The number of hydrogen-bond acceptors (Lipinski definition) is 4. The van der Waals surface area contributed by atoms with E-state index in [0.29, 0.717) is 0 Å². The van der Waals surface area contributed by atoms with Crippen LogP contribution in [0.25, 0.3) is 0 Å². The average Bonchev–Trinajstić information content (AvgIpc) is 2.17.